The summed E-state index contributed by atoms with van der Waals surface area (Å²) in [6.45, 7) is 2.63. The summed E-state index contributed by atoms with van der Waals surface area (Å²) in [4.78, 5) is 20.9. The number of fused-ring (bicyclic) bond motifs is 3. The number of phenols is 1. The summed E-state index contributed by atoms with van der Waals surface area (Å²) in [6, 6.07) is 19.4. The predicted molar refractivity (Wildman–Crippen MR) is 168 cm³/mol. The van der Waals surface area contributed by atoms with E-state index in [0.29, 0.717) is 31.7 Å². The SMILES string of the molecule is Cn1cnc(Cn2cc(CCCN)c3ccc(CNCc4[nH]c5ccccc5c4C4NC(=O)c5ccc(O)cc54)cc32)c1. The third-order valence-corrected chi connectivity index (χ3v) is 8.38. The maximum atomic E-state index is 12.8. The molecule has 7 rings (SSSR count). The van der Waals surface area contributed by atoms with Gasteiger partial charge in [-0.15, -0.1) is 0 Å². The fourth-order valence-electron chi connectivity index (χ4n) is 6.40. The highest BCUT2D eigenvalue weighted by atomic mass is 16.3. The fourth-order valence-corrected chi connectivity index (χ4v) is 6.40. The predicted octanol–water partition coefficient (Wildman–Crippen LogP) is 4.62. The Morgan fingerprint density at radius 1 is 1.05 bits per heavy atom. The number of para-hydroxylation sites is 1. The summed E-state index contributed by atoms with van der Waals surface area (Å²) in [5.41, 5.74) is 15.0. The number of carbonyl (C=O) groups is 1. The van der Waals surface area contributed by atoms with E-state index in [4.69, 9.17) is 5.73 Å². The molecule has 43 heavy (non-hydrogen) atoms. The van der Waals surface area contributed by atoms with Gasteiger partial charge in [0.15, 0.2) is 0 Å². The van der Waals surface area contributed by atoms with Crippen molar-refractivity contribution in [3.8, 4) is 5.75 Å². The number of hydrogen-bond donors (Lipinski definition) is 5. The van der Waals surface area contributed by atoms with Gasteiger partial charge in [-0.1, -0.05) is 30.3 Å². The van der Waals surface area contributed by atoms with Gasteiger partial charge in [-0.05, 0) is 66.4 Å². The van der Waals surface area contributed by atoms with Gasteiger partial charge < -0.3 is 35.6 Å². The monoisotopic (exact) mass is 573 g/mol. The second-order valence-corrected chi connectivity index (χ2v) is 11.4. The second kappa shape index (κ2) is 11.1. The number of benzene rings is 3. The van der Waals surface area contributed by atoms with Crippen LogP contribution in [0, 0.1) is 0 Å². The topological polar surface area (TPSA) is 126 Å². The Morgan fingerprint density at radius 3 is 2.77 bits per heavy atom. The lowest BCUT2D eigenvalue weighted by Gasteiger charge is -2.15. The number of aromatic nitrogens is 4. The molecular weight excluding hydrogens is 538 g/mol. The third kappa shape index (κ3) is 5.07. The van der Waals surface area contributed by atoms with Crippen molar-refractivity contribution in [1.29, 1.82) is 0 Å². The fraction of sp³-hybridized carbons (Fsp3) is 0.235. The van der Waals surface area contributed by atoms with Crippen molar-refractivity contribution in [3.63, 3.8) is 0 Å². The standard InChI is InChI=1S/C34H35N7O2/c1-40-18-23(37-20-40)19-41-17-22(5-4-12-35)25-10-8-21(13-31(25)41)15-36-16-30-32(27-6-2-3-7-29(27)38-30)33-28-14-24(42)9-11-26(28)34(43)39-33/h2-3,6-11,13-14,17-18,20,33,36,38,42H,4-5,12,15-16,19,35H2,1H3,(H,39,43). The molecule has 1 atom stereocenters. The number of phenolic OH excluding ortho intramolecular Hbond substituents is 1. The van der Waals surface area contributed by atoms with Crippen LogP contribution in [-0.4, -0.2) is 36.7 Å². The second-order valence-electron chi connectivity index (χ2n) is 11.4. The average Bonchev–Trinajstić information content (AvgIpc) is 3.75. The number of rotatable bonds is 10. The van der Waals surface area contributed by atoms with Crippen LogP contribution in [0.4, 0.5) is 0 Å². The number of nitrogens with one attached hydrogen (secondary N) is 3. The number of aromatic amines is 1. The van der Waals surface area contributed by atoms with Crippen LogP contribution in [0.3, 0.4) is 0 Å². The van der Waals surface area contributed by atoms with Crippen molar-refractivity contribution >= 4 is 27.7 Å². The van der Waals surface area contributed by atoms with Gasteiger partial charge in [0.25, 0.3) is 5.91 Å². The molecule has 9 heteroatoms. The minimum Gasteiger partial charge on any atom is -0.508 e. The number of nitrogens with zero attached hydrogens (tertiary/aromatic N) is 3. The highest BCUT2D eigenvalue weighted by Crippen LogP contribution is 2.38. The molecular formula is C34H35N7O2. The van der Waals surface area contributed by atoms with E-state index in [1.807, 2.05) is 30.1 Å². The number of hydrogen-bond acceptors (Lipinski definition) is 5. The minimum absolute atomic E-state index is 0.128. The first-order chi connectivity index (χ1) is 21.0. The molecule has 4 heterocycles. The van der Waals surface area contributed by atoms with Crippen molar-refractivity contribution in [2.24, 2.45) is 12.8 Å². The van der Waals surface area contributed by atoms with Crippen molar-refractivity contribution in [1.82, 2.24) is 29.7 Å². The number of aryl methyl sites for hydroxylation is 2. The molecule has 1 aliphatic heterocycles. The molecule has 218 valence electrons. The van der Waals surface area contributed by atoms with Crippen LogP contribution in [0.25, 0.3) is 21.8 Å². The van der Waals surface area contributed by atoms with E-state index in [2.05, 4.69) is 67.9 Å². The summed E-state index contributed by atoms with van der Waals surface area (Å²) < 4.78 is 4.26. The molecule has 1 unspecified atom stereocenters. The quantitative estimate of drug-likeness (QED) is 0.164. The van der Waals surface area contributed by atoms with Gasteiger partial charge in [0.1, 0.15) is 5.75 Å². The van der Waals surface area contributed by atoms with E-state index in [0.717, 1.165) is 46.3 Å². The van der Waals surface area contributed by atoms with E-state index in [1.165, 1.54) is 22.0 Å². The molecule has 0 spiro atoms. The van der Waals surface area contributed by atoms with Gasteiger partial charge in [-0.3, -0.25) is 4.79 Å². The van der Waals surface area contributed by atoms with Crippen molar-refractivity contribution in [3.05, 3.63) is 119 Å². The van der Waals surface area contributed by atoms with Gasteiger partial charge in [0, 0.05) is 71.2 Å². The molecule has 0 saturated heterocycles. The third-order valence-electron chi connectivity index (χ3n) is 8.38. The van der Waals surface area contributed by atoms with Crippen LogP contribution in [0.5, 0.6) is 5.75 Å². The summed E-state index contributed by atoms with van der Waals surface area (Å²) in [5.74, 6) is 0.0196. The van der Waals surface area contributed by atoms with E-state index in [1.54, 1.807) is 18.2 Å². The molecule has 1 amide bonds. The smallest absolute Gasteiger partial charge is 0.252 e. The molecule has 1 aliphatic rings. The first kappa shape index (κ1) is 27.0. The lowest BCUT2D eigenvalue weighted by Crippen LogP contribution is -2.22. The maximum Gasteiger partial charge on any atom is 0.252 e. The van der Waals surface area contributed by atoms with Gasteiger partial charge in [-0.2, -0.15) is 0 Å². The Morgan fingerprint density at radius 2 is 1.93 bits per heavy atom. The molecule has 9 nitrogen and oxygen atoms in total. The van der Waals surface area contributed by atoms with Gasteiger partial charge in [0.2, 0.25) is 0 Å². The van der Waals surface area contributed by atoms with Gasteiger partial charge >= 0.3 is 0 Å². The molecule has 0 aliphatic carbocycles. The number of carbonyl (C=O) groups excluding carboxylic acids is 1. The molecule has 6 N–H and O–H groups in total. The van der Waals surface area contributed by atoms with Crippen LogP contribution in [0.2, 0.25) is 0 Å². The molecule has 0 saturated carbocycles. The zero-order valence-corrected chi connectivity index (χ0v) is 24.1. The van der Waals surface area contributed by atoms with Crippen LogP contribution >= 0.6 is 0 Å². The first-order valence-electron chi connectivity index (χ1n) is 14.7. The number of aromatic hydroxyl groups is 1. The van der Waals surface area contributed by atoms with Gasteiger partial charge in [0.05, 0.1) is 24.6 Å². The molecule has 0 radical (unpaired) electrons. The first-order valence-corrected chi connectivity index (χ1v) is 14.7. The lowest BCUT2D eigenvalue weighted by molar-refractivity contribution is 0.0960. The number of imidazole rings is 1. The number of H-pyrrole nitrogens is 1. The lowest BCUT2D eigenvalue weighted by atomic mass is 9.95. The van der Waals surface area contributed by atoms with Crippen molar-refractivity contribution in [2.75, 3.05) is 6.54 Å². The van der Waals surface area contributed by atoms with E-state index >= 15 is 0 Å². The molecule has 3 aromatic carbocycles. The minimum atomic E-state index is -0.347. The summed E-state index contributed by atoms with van der Waals surface area (Å²) >= 11 is 0. The Hall–Kier alpha value is -4.86. The summed E-state index contributed by atoms with van der Waals surface area (Å²) in [5, 5.41) is 19.3. The van der Waals surface area contributed by atoms with Crippen molar-refractivity contribution < 1.29 is 9.90 Å². The molecule has 0 fully saturated rings. The van der Waals surface area contributed by atoms with E-state index < -0.39 is 0 Å². The maximum absolute atomic E-state index is 12.8. The van der Waals surface area contributed by atoms with Crippen LogP contribution in [-0.2, 0) is 33.1 Å². The Bertz CT molecular complexity index is 1960. The van der Waals surface area contributed by atoms with E-state index in [9.17, 15) is 9.90 Å². The van der Waals surface area contributed by atoms with E-state index in [-0.39, 0.29) is 17.7 Å². The van der Waals surface area contributed by atoms with Crippen molar-refractivity contribution in [2.45, 2.75) is 38.5 Å². The molecule has 3 aromatic heterocycles. The Balaban J connectivity index is 1.16. The average molecular weight is 574 g/mol. The number of amides is 1. The van der Waals surface area contributed by atoms with Crippen LogP contribution in [0.1, 0.15) is 56.5 Å². The normalized spacial score (nSPS) is 14.6. The molecule has 6 aromatic rings. The largest absolute Gasteiger partial charge is 0.508 e. The Kier molecular flexibility index (Phi) is 6.96. The summed E-state index contributed by atoms with van der Waals surface area (Å²) in [6.07, 6.45) is 8.03. The highest BCUT2D eigenvalue weighted by Gasteiger charge is 2.33. The van der Waals surface area contributed by atoms with Crippen LogP contribution in [0.15, 0.2) is 79.4 Å². The zero-order chi connectivity index (χ0) is 29.5. The summed E-state index contributed by atoms with van der Waals surface area (Å²) in [7, 11) is 1.99. The molecule has 0 bridgehead atoms. The zero-order valence-electron chi connectivity index (χ0n) is 24.1. The van der Waals surface area contributed by atoms with Crippen LogP contribution < -0.4 is 16.4 Å². The van der Waals surface area contributed by atoms with Gasteiger partial charge in [-0.25, -0.2) is 4.98 Å². The Labute approximate surface area is 249 Å². The number of nitrogens with two attached hydrogens (primary N) is 1. The highest BCUT2D eigenvalue weighted by molar-refractivity contribution is 6.01.